The molecule has 150 valence electrons. The van der Waals surface area contributed by atoms with E-state index in [-0.39, 0.29) is 29.1 Å². The minimum absolute atomic E-state index is 0.134. The largest absolute Gasteiger partial charge is 0.350 e. The predicted molar refractivity (Wildman–Crippen MR) is 108 cm³/mol. The van der Waals surface area contributed by atoms with E-state index in [0.29, 0.717) is 18.5 Å². The number of carbonyl (C=O) groups excluding carboxylic acids is 2. The number of nitrogens with zero attached hydrogens (tertiary/aromatic N) is 2. The summed E-state index contributed by atoms with van der Waals surface area (Å²) in [6.07, 6.45) is 1.46. The van der Waals surface area contributed by atoms with Gasteiger partial charge in [-0.1, -0.05) is 24.3 Å². The van der Waals surface area contributed by atoms with Crippen LogP contribution in [0.5, 0.6) is 0 Å². The second-order valence-electron chi connectivity index (χ2n) is 6.86. The highest BCUT2D eigenvalue weighted by molar-refractivity contribution is 7.90. The van der Waals surface area contributed by atoms with Crippen LogP contribution in [0.25, 0.3) is 0 Å². The Morgan fingerprint density at radius 1 is 1.14 bits per heavy atom. The average molecular weight is 412 g/mol. The van der Waals surface area contributed by atoms with Gasteiger partial charge in [-0.2, -0.15) is 0 Å². The van der Waals surface area contributed by atoms with Crippen molar-refractivity contribution in [3.8, 4) is 0 Å². The van der Waals surface area contributed by atoms with Gasteiger partial charge in [0.05, 0.1) is 4.90 Å². The van der Waals surface area contributed by atoms with E-state index in [9.17, 15) is 18.0 Å². The van der Waals surface area contributed by atoms with E-state index in [1.54, 1.807) is 23.1 Å². The second-order valence-corrected chi connectivity index (χ2v) is 8.51. The van der Waals surface area contributed by atoms with E-state index >= 15 is 0 Å². The average Bonchev–Trinajstić information content (AvgIpc) is 3.26. The highest BCUT2D eigenvalue weighted by atomic mass is 32.2. The summed E-state index contributed by atoms with van der Waals surface area (Å²) in [6.45, 7) is 0.870. The zero-order valence-corrected chi connectivity index (χ0v) is 16.4. The molecule has 2 aliphatic rings. The number of amidine groups is 1. The molecule has 0 spiro atoms. The van der Waals surface area contributed by atoms with Crippen LogP contribution in [0.2, 0.25) is 0 Å². The minimum atomic E-state index is -3.61. The van der Waals surface area contributed by atoms with Gasteiger partial charge in [0.15, 0.2) is 0 Å². The Bertz CT molecular complexity index is 1090. The molecule has 0 unspecified atom stereocenters. The summed E-state index contributed by atoms with van der Waals surface area (Å²) >= 11 is 0. The molecular formula is C20H20N4O4S. The predicted octanol–water partition coefficient (Wildman–Crippen LogP) is 1.17. The fraction of sp³-hybridized carbons (Fsp3) is 0.250. The summed E-state index contributed by atoms with van der Waals surface area (Å²) in [5, 5.41) is 2.76. The quantitative estimate of drug-likeness (QED) is 0.768. The fourth-order valence-corrected chi connectivity index (χ4v) is 4.62. The third-order valence-corrected chi connectivity index (χ3v) is 6.25. The number of aliphatic imine (C=N–C) groups is 1. The van der Waals surface area contributed by atoms with Crippen molar-refractivity contribution in [1.82, 2.24) is 10.0 Å². The minimum Gasteiger partial charge on any atom is -0.350 e. The molecule has 2 aromatic rings. The third-order valence-electron chi connectivity index (χ3n) is 4.85. The van der Waals surface area contributed by atoms with Gasteiger partial charge in [-0.25, -0.2) is 8.42 Å². The van der Waals surface area contributed by atoms with E-state index in [1.165, 1.54) is 6.07 Å². The number of fused-ring (bicyclic) bond motifs is 1. The van der Waals surface area contributed by atoms with Crippen LogP contribution in [0.3, 0.4) is 0 Å². The molecule has 1 saturated heterocycles. The van der Waals surface area contributed by atoms with Crippen LogP contribution >= 0.6 is 0 Å². The standard InChI is InChI=1S/C20H20N4O4S/c25-18(13-22-20-16-4-1-2-5-17(16)29(27,28)23-20)21-12-14-7-9-15(10-8-14)24-11-3-6-19(24)26/h1-2,4-5,7-10H,3,6,11-13H2,(H,21,25)(H,22,23). The molecule has 1 fully saturated rings. The first-order chi connectivity index (χ1) is 13.9. The van der Waals surface area contributed by atoms with Crippen molar-refractivity contribution in [2.75, 3.05) is 18.0 Å². The first kappa shape index (κ1) is 19.1. The van der Waals surface area contributed by atoms with E-state index < -0.39 is 10.0 Å². The number of nitrogens with one attached hydrogen (secondary N) is 2. The molecule has 0 saturated carbocycles. The van der Waals surface area contributed by atoms with Crippen LogP contribution in [0, 0.1) is 0 Å². The van der Waals surface area contributed by atoms with Crippen molar-refractivity contribution in [1.29, 1.82) is 0 Å². The summed E-state index contributed by atoms with van der Waals surface area (Å²) in [4.78, 5) is 29.9. The summed E-state index contributed by atoms with van der Waals surface area (Å²) in [6, 6.07) is 14.0. The van der Waals surface area contributed by atoms with Crippen LogP contribution in [-0.4, -0.2) is 39.2 Å². The van der Waals surface area contributed by atoms with E-state index in [4.69, 9.17) is 0 Å². The molecule has 8 nitrogen and oxygen atoms in total. The van der Waals surface area contributed by atoms with Crippen molar-refractivity contribution in [3.05, 3.63) is 59.7 Å². The molecule has 2 N–H and O–H groups in total. The summed E-state index contributed by atoms with van der Waals surface area (Å²) in [5.41, 5.74) is 2.22. The highest BCUT2D eigenvalue weighted by Crippen LogP contribution is 2.22. The van der Waals surface area contributed by atoms with Gasteiger partial charge in [-0.05, 0) is 36.2 Å². The van der Waals surface area contributed by atoms with Gasteiger partial charge in [0, 0.05) is 30.8 Å². The highest BCUT2D eigenvalue weighted by Gasteiger charge is 2.30. The van der Waals surface area contributed by atoms with Gasteiger partial charge in [0.25, 0.3) is 10.0 Å². The van der Waals surface area contributed by atoms with Crippen LogP contribution in [0.1, 0.15) is 24.0 Å². The smallest absolute Gasteiger partial charge is 0.263 e. The molecule has 29 heavy (non-hydrogen) atoms. The van der Waals surface area contributed by atoms with Gasteiger partial charge >= 0.3 is 0 Å². The van der Waals surface area contributed by atoms with Gasteiger partial charge in [0.1, 0.15) is 12.4 Å². The Hall–Kier alpha value is -3.20. The maximum absolute atomic E-state index is 12.1. The van der Waals surface area contributed by atoms with Crippen LogP contribution in [0.15, 0.2) is 58.4 Å². The van der Waals surface area contributed by atoms with Crippen molar-refractivity contribution >= 4 is 33.4 Å². The van der Waals surface area contributed by atoms with E-state index in [1.807, 2.05) is 24.3 Å². The number of amides is 2. The molecule has 2 amide bonds. The lowest BCUT2D eigenvalue weighted by Crippen LogP contribution is -2.28. The molecule has 2 aromatic carbocycles. The van der Waals surface area contributed by atoms with Gasteiger partial charge in [0.2, 0.25) is 11.8 Å². The first-order valence-corrected chi connectivity index (χ1v) is 10.7. The molecule has 2 aliphatic heterocycles. The fourth-order valence-electron chi connectivity index (χ4n) is 3.37. The Morgan fingerprint density at radius 2 is 1.90 bits per heavy atom. The number of hydrogen-bond acceptors (Lipinski definition) is 5. The zero-order valence-electron chi connectivity index (χ0n) is 15.6. The molecular weight excluding hydrogens is 392 g/mol. The molecule has 9 heteroatoms. The Labute approximate surface area is 168 Å². The van der Waals surface area contributed by atoms with Crippen LogP contribution in [0.4, 0.5) is 5.69 Å². The van der Waals surface area contributed by atoms with Gasteiger partial charge in [-0.3, -0.25) is 19.3 Å². The van der Waals surface area contributed by atoms with Crippen molar-refractivity contribution < 1.29 is 18.0 Å². The molecule has 0 aliphatic carbocycles. The van der Waals surface area contributed by atoms with Crippen LogP contribution < -0.4 is 14.9 Å². The van der Waals surface area contributed by atoms with Crippen LogP contribution in [-0.2, 0) is 26.2 Å². The maximum atomic E-state index is 12.1. The number of benzene rings is 2. The molecule has 4 rings (SSSR count). The summed E-state index contributed by atoms with van der Waals surface area (Å²) < 4.78 is 26.5. The molecule has 0 radical (unpaired) electrons. The summed E-state index contributed by atoms with van der Waals surface area (Å²) in [5.74, 6) is -0.00969. The summed E-state index contributed by atoms with van der Waals surface area (Å²) in [7, 11) is -3.61. The molecule has 0 bridgehead atoms. The first-order valence-electron chi connectivity index (χ1n) is 9.27. The number of sulfonamides is 1. The van der Waals surface area contributed by atoms with Gasteiger partial charge < -0.3 is 10.2 Å². The van der Waals surface area contributed by atoms with Gasteiger partial charge in [-0.15, -0.1) is 0 Å². The van der Waals surface area contributed by atoms with E-state index in [2.05, 4.69) is 15.0 Å². The SMILES string of the molecule is O=C(CN=C1NS(=O)(=O)c2ccccc21)NCc1ccc(N2CCCC2=O)cc1. The van der Waals surface area contributed by atoms with E-state index in [0.717, 1.165) is 24.2 Å². The monoisotopic (exact) mass is 412 g/mol. The second kappa shape index (κ2) is 7.67. The molecule has 0 atom stereocenters. The molecule has 2 heterocycles. The third kappa shape index (κ3) is 4.00. The lowest BCUT2D eigenvalue weighted by molar-refractivity contribution is -0.120. The van der Waals surface area contributed by atoms with Crippen molar-refractivity contribution in [2.45, 2.75) is 24.3 Å². The number of rotatable bonds is 5. The number of hydrogen-bond donors (Lipinski definition) is 2. The maximum Gasteiger partial charge on any atom is 0.263 e. The normalized spacial score (nSPS) is 18.6. The number of carbonyl (C=O) groups is 2. The molecule has 0 aromatic heterocycles. The van der Waals surface area contributed by atoms with Crippen molar-refractivity contribution in [2.24, 2.45) is 4.99 Å². The Morgan fingerprint density at radius 3 is 2.62 bits per heavy atom. The Kier molecular flexibility index (Phi) is 5.06. The van der Waals surface area contributed by atoms with Crippen molar-refractivity contribution in [3.63, 3.8) is 0 Å². The lowest BCUT2D eigenvalue weighted by Gasteiger charge is -2.16. The zero-order chi connectivity index (χ0) is 20.4. The lowest BCUT2D eigenvalue weighted by atomic mass is 10.2. The number of anilines is 1. The topological polar surface area (TPSA) is 108 Å². The Balaban J connectivity index is 1.34.